The number of carbonyl (C=O) groups excluding carboxylic acids is 1. The van der Waals surface area contributed by atoms with Crippen molar-refractivity contribution in [1.82, 2.24) is 0 Å². The first-order valence-corrected chi connectivity index (χ1v) is 14.8. The number of aliphatic imine (C=N–C) groups is 1. The van der Waals surface area contributed by atoms with Crippen LogP contribution in [0, 0.1) is 0 Å². The van der Waals surface area contributed by atoms with Crippen molar-refractivity contribution >= 4 is 50.1 Å². The number of nitrogens with one attached hydrogen (secondary N) is 1. The molecule has 39 heavy (non-hydrogen) atoms. The maximum atomic E-state index is 13.5. The van der Waals surface area contributed by atoms with Gasteiger partial charge in [-0.15, -0.1) is 11.3 Å². The number of amides is 1. The zero-order chi connectivity index (χ0) is 27.0. The Bertz CT molecular complexity index is 1450. The number of fused-ring (bicyclic) bond motifs is 1. The van der Waals surface area contributed by atoms with Crippen molar-refractivity contribution in [3.05, 3.63) is 104 Å². The molecule has 0 bridgehead atoms. The first-order valence-electron chi connectivity index (χ1n) is 13.2. The van der Waals surface area contributed by atoms with Gasteiger partial charge in [0.25, 0.3) is 5.91 Å². The molecule has 0 radical (unpaired) electrons. The Morgan fingerprint density at radius 3 is 2.46 bits per heavy atom. The Labute approximate surface area is 242 Å². The van der Waals surface area contributed by atoms with Crippen molar-refractivity contribution in [2.24, 2.45) is 4.99 Å². The van der Waals surface area contributed by atoms with Gasteiger partial charge in [-0.2, -0.15) is 0 Å². The second-order valence-electron chi connectivity index (χ2n) is 9.48. The van der Waals surface area contributed by atoms with Gasteiger partial charge in [-0.3, -0.25) is 4.79 Å². The van der Waals surface area contributed by atoms with Crippen LogP contribution in [-0.2, 0) is 19.4 Å². The van der Waals surface area contributed by atoms with Crippen LogP contribution in [0.5, 0.6) is 11.5 Å². The molecule has 1 amide bonds. The third-order valence-electron chi connectivity index (χ3n) is 6.72. The molecule has 1 aromatic heterocycles. The average molecular weight is 604 g/mol. The number of ether oxygens (including phenoxy) is 2. The Balaban J connectivity index is 1.44. The van der Waals surface area contributed by atoms with E-state index in [1.165, 1.54) is 17.7 Å². The smallest absolute Gasteiger partial charge is 0.259 e. The van der Waals surface area contributed by atoms with Crippen LogP contribution in [0.2, 0.25) is 0 Å². The summed E-state index contributed by atoms with van der Waals surface area (Å²) >= 11 is 5.29. The van der Waals surface area contributed by atoms with Gasteiger partial charge in [0.1, 0.15) is 11.6 Å². The zero-order valence-corrected chi connectivity index (χ0v) is 24.3. The van der Waals surface area contributed by atoms with Gasteiger partial charge in [0.15, 0.2) is 11.5 Å². The third-order valence-corrected chi connectivity index (χ3v) is 8.51. The highest BCUT2D eigenvalue weighted by Gasteiger charge is 2.24. The summed E-state index contributed by atoms with van der Waals surface area (Å²) in [6, 6.07) is 23.5. The molecule has 1 aliphatic rings. The molecule has 3 aromatic carbocycles. The molecule has 0 saturated carbocycles. The number of para-hydroxylation sites is 1. The van der Waals surface area contributed by atoms with Crippen LogP contribution in [0.15, 0.2) is 82.3 Å². The number of carbonyl (C=O) groups is 1. The molecule has 1 N–H and O–H groups in total. The van der Waals surface area contributed by atoms with E-state index < -0.39 is 0 Å². The van der Waals surface area contributed by atoms with Crippen LogP contribution in [0.3, 0.4) is 0 Å². The van der Waals surface area contributed by atoms with Crippen LogP contribution in [0.4, 0.5) is 10.7 Å². The van der Waals surface area contributed by atoms with Crippen LogP contribution in [0.25, 0.3) is 0 Å². The number of hydrogen-bond donors (Lipinski definition) is 1. The van der Waals surface area contributed by atoms with Gasteiger partial charge in [0.2, 0.25) is 0 Å². The van der Waals surface area contributed by atoms with E-state index in [9.17, 15) is 4.79 Å². The van der Waals surface area contributed by atoms with Crippen molar-refractivity contribution in [1.29, 1.82) is 0 Å². The van der Waals surface area contributed by atoms with Gasteiger partial charge in [-0.1, -0.05) is 61.4 Å². The lowest BCUT2D eigenvalue weighted by molar-refractivity contribution is 0.102. The Morgan fingerprint density at radius 2 is 1.72 bits per heavy atom. The predicted octanol–water partition coefficient (Wildman–Crippen LogP) is 8.76. The number of halogens is 1. The molecule has 0 spiro atoms. The van der Waals surface area contributed by atoms with E-state index >= 15 is 0 Å². The Morgan fingerprint density at radius 1 is 1.00 bits per heavy atom. The standard InChI is InChI=1S/C32H31BrN2O3S/c1-37-27-19-23(18-26(33)30(27)38-21-22-12-6-4-7-13-22)20-34-32-29(31(36)35-24-14-8-5-9-15-24)25-16-10-2-3-11-17-28(25)39-32/h4-9,12-15,18-20H,2-3,10-11,16-17,21H2,1H3,(H,35,36). The molecule has 0 atom stereocenters. The summed E-state index contributed by atoms with van der Waals surface area (Å²) in [5.74, 6) is 1.15. The number of rotatable bonds is 8. The minimum Gasteiger partial charge on any atom is -0.493 e. The second kappa shape index (κ2) is 13.1. The lowest BCUT2D eigenvalue weighted by Crippen LogP contribution is -2.14. The summed E-state index contributed by atoms with van der Waals surface area (Å²) in [5, 5.41) is 3.83. The van der Waals surface area contributed by atoms with Gasteiger partial charge in [-0.05, 0) is 82.6 Å². The SMILES string of the molecule is COc1cc(C=Nc2sc3c(c2C(=O)Nc2ccccc2)CCCCCC3)cc(Br)c1OCc1ccccc1. The summed E-state index contributed by atoms with van der Waals surface area (Å²) in [7, 11) is 1.63. The highest BCUT2D eigenvalue weighted by atomic mass is 79.9. The van der Waals surface area contributed by atoms with E-state index in [0.717, 1.165) is 57.5 Å². The van der Waals surface area contributed by atoms with Crippen molar-refractivity contribution in [2.75, 3.05) is 12.4 Å². The molecule has 1 aliphatic carbocycles. The second-order valence-corrected chi connectivity index (χ2v) is 11.4. The Kier molecular flexibility index (Phi) is 9.12. The van der Waals surface area contributed by atoms with Crippen LogP contribution < -0.4 is 14.8 Å². The number of benzene rings is 3. The molecule has 0 unspecified atom stereocenters. The van der Waals surface area contributed by atoms with Crippen LogP contribution in [0.1, 0.15) is 57.6 Å². The van der Waals surface area contributed by atoms with Crippen molar-refractivity contribution in [3.63, 3.8) is 0 Å². The highest BCUT2D eigenvalue weighted by molar-refractivity contribution is 9.10. The summed E-state index contributed by atoms with van der Waals surface area (Å²) in [6.07, 6.45) is 8.36. The van der Waals surface area contributed by atoms with E-state index in [1.54, 1.807) is 24.7 Å². The molecule has 4 aromatic rings. The summed E-state index contributed by atoms with van der Waals surface area (Å²) < 4.78 is 12.5. The lowest BCUT2D eigenvalue weighted by Gasteiger charge is -2.13. The molecule has 1 heterocycles. The molecule has 0 aliphatic heterocycles. The number of nitrogens with zero attached hydrogens (tertiary/aromatic N) is 1. The van der Waals surface area contributed by atoms with E-state index in [1.807, 2.05) is 72.8 Å². The molecule has 5 rings (SSSR count). The summed E-state index contributed by atoms with van der Waals surface area (Å²) in [4.78, 5) is 19.7. The largest absolute Gasteiger partial charge is 0.493 e. The molecule has 7 heteroatoms. The number of aryl methyl sites for hydroxylation is 1. The minimum atomic E-state index is -0.102. The fourth-order valence-electron chi connectivity index (χ4n) is 4.76. The molecular formula is C32H31BrN2O3S. The molecular weight excluding hydrogens is 572 g/mol. The van der Waals surface area contributed by atoms with Crippen molar-refractivity contribution < 1.29 is 14.3 Å². The van der Waals surface area contributed by atoms with Crippen molar-refractivity contribution in [3.8, 4) is 11.5 Å². The fraction of sp³-hybridized carbons (Fsp3) is 0.250. The van der Waals surface area contributed by atoms with E-state index in [-0.39, 0.29) is 5.91 Å². The van der Waals surface area contributed by atoms with Crippen LogP contribution >= 0.6 is 27.3 Å². The maximum Gasteiger partial charge on any atom is 0.259 e. The van der Waals surface area contributed by atoms with E-state index in [2.05, 4.69) is 21.2 Å². The number of anilines is 1. The summed E-state index contributed by atoms with van der Waals surface area (Å²) in [5.41, 5.74) is 4.56. The first kappa shape index (κ1) is 27.2. The zero-order valence-electron chi connectivity index (χ0n) is 21.9. The summed E-state index contributed by atoms with van der Waals surface area (Å²) in [6.45, 7) is 0.434. The van der Waals surface area contributed by atoms with Crippen molar-refractivity contribution in [2.45, 2.75) is 45.1 Å². The van der Waals surface area contributed by atoms with Gasteiger partial charge in [-0.25, -0.2) is 4.99 Å². The normalized spacial score (nSPS) is 13.4. The quantitative estimate of drug-likeness (QED) is 0.205. The highest BCUT2D eigenvalue weighted by Crippen LogP contribution is 2.40. The minimum absolute atomic E-state index is 0.102. The predicted molar refractivity (Wildman–Crippen MR) is 163 cm³/mol. The number of methoxy groups -OCH3 is 1. The van der Waals surface area contributed by atoms with Gasteiger partial charge >= 0.3 is 0 Å². The van der Waals surface area contributed by atoms with Gasteiger partial charge in [0, 0.05) is 16.8 Å². The fourth-order valence-corrected chi connectivity index (χ4v) is 6.57. The number of thiophene rings is 1. The van der Waals surface area contributed by atoms with Gasteiger partial charge in [0.05, 0.1) is 17.1 Å². The Hall–Kier alpha value is -3.42. The molecule has 5 nitrogen and oxygen atoms in total. The maximum absolute atomic E-state index is 13.5. The third kappa shape index (κ3) is 6.78. The average Bonchev–Trinajstić information content (AvgIpc) is 3.28. The monoisotopic (exact) mass is 602 g/mol. The lowest BCUT2D eigenvalue weighted by atomic mass is 9.96. The molecule has 0 fully saturated rings. The molecule has 200 valence electrons. The topological polar surface area (TPSA) is 59.9 Å². The van der Waals surface area contributed by atoms with E-state index in [4.69, 9.17) is 14.5 Å². The van der Waals surface area contributed by atoms with Gasteiger partial charge < -0.3 is 14.8 Å². The first-order chi connectivity index (χ1) is 19.1. The van der Waals surface area contributed by atoms with E-state index in [0.29, 0.717) is 23.7 Å². The molecule has 0 saturated heterocycles. The van der Waals surface area contributed by atoms with Crippen LogP contribution in [-0.4, -0.2) is 19.2 Å². The number of hydrogen-bond acceptors (Lipinski definition) is 5.